The number of carboxylic acids is 1. The van der Waals surface area contributed by atoms with E-state index in [1.807, 2.05) is 0 Å². The summed E-state index contributed by atoms with van der Waals surface area (Å²) < 4.78 is 0. The average molecular weight is 297 g/mol. The van der Waals surface area contributed by atoms with Crippen molar-refractivity contribution in [1.82, 2.24) is 4.90 Å². The fraction of sp³-hybridized carbons (Fsp3) is 0.882. The third-order valence-corrected chi connectivity index (χ3v) is 4.49. The molecule has 1 amide bonds. The maximum Gasteiger partial charge on any atom is 0.305 e. The number of amides is 1. The van der Waals surface area contributed by atoms with Gasteiger partial charge in [0.15, 0.2) is 0 Å². The minimum atomic E-state index is -0.825. The maximum absolute atomic E-state index is 11.9. The standard InChI is InChI=1S/C17H31NO3/c1-15(19)18(14-13-17(20)21)16-11-9-7-5-3-2-4-6-8-10-12-16/h16H,2-14H2,1H3,(H,20,21). The Morgan fingerprint density at radius 1 is 0.905 bits per heavy atom. The number of carbonyl (C=O) groups is 2. The Morgan fingerprint density at radius 3 is 1.71 bits per heavy atom. The Labute approximate surface area is 128 Å². The van der Waals surface area contributed by atoms with Gasteiger partial charge in [-0.3, -0.25) is 9.59 Å². The first-order chi connectivity index (χ1) is 10.1. The molecule has 0 aromatic heterocycles. The third kappa shape index (κ3) is 8.08. The average Bonchev–Trinajstić information content (AvgIpc) is 2.40. The summed E-state index contributed by atoms with van der Waals surface area (Å²) in [7, 11) is 0. The number of hydrogen-bond acceptors (Lipinski definition) is 2. The lowest BCUT2D eigenvalue weighted by molar-refractivity contribution is -0.139. The van der Waals surface area contributed by atoms with Crippen molar-refractivity contribution in [2.75, 3.05) is 6.54 Å². The predicted molar refractivity (Wildman–Crippen MR) is 84.2 cm³/mol. The van der Waals surface area contributed by atoms with Crippen molar-refractivity contribution in [3.8, 4) is 0 Å². The molecule has 0 radical (unpaired) electrons. The van der Waals surface area contributed by atoms with Crippen molar-refractivity contribution >= 4 is 11.9 Å². The minimum absolute atomic E-state index is 0.0216. The lowest BCUT2D eigenvalue weighted by Gasteiger charge is -2.31. The van der Waals surface area contributed by atoms with Crippen molar-refractivity contribution in [1.29, 1.82) is 0 Å². The number of rotatable bonds is 4. The number of aliphatic carboxylic acids is 1. The van der Waals surface area contributed by atoms with Gasteiger partial charge >= 0.3 is 5.97 Å². The lowest BCUT2D eigenvalue weighted by atomic mass is 9.96. The van der Waals surface area contributed by atoms with Gasteiger partial charge in [0.05, 0.1) is 6.42 Å². The summed E-state index contributed by atoms with van der Waals surface area (Å²) >= 11 is 0. The molecule has 4 nitrogen and oxygen atoms in total. The molecule has 0 bridgehead atoms. The van der Waals surface area contributed by atoms with E-state index in [-0.39, 0.29) is 18.4 Å². The van der Waals surface area contributed by atoms with Crippen LogP contribution in [0.1, 0.15) is 84.0 Å². The fourth-order valence-corrected chi connectivity index (χ4v) is 3.27. The summed E-state index contributed by atoms with van der Waals surface area (Å²) in [4.78, 5) is 24.4. The van der Waals surface area contributed by atoms with E-state index >= 15 is 0 Å². The third-order valence-electron chi connectivity index (χ3n) is 4.49. The summed E-state index contributed by atoms with van der Waals surface area (Å²) in [6, 6.07) is 0.237. The molecular formula is C17H31NO3. The molecule has 0 aromatic rings. The molecule has 1 N–H and O–H groups in total. The Morgan fingerprint density at radius 2 is 1.33 bits per heavy atom. The molecule has 1 saturated carbocycles. The van der Waals surface area contributed by atoms with Gasteiger partial charge in [0, 0.05) is 19.5 Å². The van der Waals surface area contributed by atoms with Crippen LogP contribution in [0.4, 0.5) is 0 Å². The quantitative estimate of drug-likeness (QED) is 0.853. The minimum Gasteiger partial charge on any atom is -0.481 e. The molecule has 0 atom stereocenters. The van der Waals surface area contributed by atoms with Crippen LogP contribution < -0.4 is 0 Å². The summed E-state index contributed by atoms with van der Waals surface area (Å²) in [5, 5.41) is 8.86. The molecular weight excluding hydrogens is 266 g/mol. The smallest absolute Gasteiger partial charge is 0.305 e. The van der Waals surface area contributed by atoms with Crippen molar-refractivity contribution in [3.63, 3.8) is 0 Å². The first-order valence-corrected chi connectivity index (χ1v) is 8.60. The van der Waals surface area contributed by atoms with Crippen molar-refractivity contribution in [2.45, 2.75) is 90.0 Å². The topological polar surface area (TPSA) is 57.6 Å². The summed E-state index contributed by atoms with van der Waals surface area (Å²) in [5.74, 6) is -0.803. The van der Waals surface area contributed by atoms with E-state index in [0.717, 1.165) is 25.7 Å². The number of hydrogen-bond donors (Lipinski definition) is 1. The highest BCUT2D eigenvalue weighted by molar-refractivity contribution is 5.74. The second-order valence-corrected chi connectivity index (χ2v) is 6.27. The summed E-state index contributed by atoms with van der Waals surface area (Å²) in [6.07, 6.45) is 13.5. The fourth-order valence-electron chi connectivity index (χ4n) is 3.27. The molecule has 0 aromatic carbocycles. The number of carboxylic acid groups (broad SMARTS) is 1. The highest BCUT2D eigenvalue weighted by Crippen LogP contribution is 2.21. The van der Waals surface area contributed by atoms with Gasteiger partial charge in [0.2, 0.25) is 5.91 Å². The van der Waals surface area contributed by atoms with Crippen molar-refractivity contribution in [3.05, 3.63) is 0 Å². The van der Waals surface area contributed by atoms with E-state index in [2.05, 4.69) is 0 Å². The SMILES string of the molecule is CC(=O)N(CCC(=O)O)C1CCCCCCCCCCC1. The molecule has 1 aliphatic carbocycles. The van der Waals surface area contributed by atoms with Crippen LogP contribution in [0, 0.1) is 0 Å². The van der Waals surface area contributed by atoms with Gasteiger partial charge in [-0.1, -0.05) is 57.8 Å². The second-order valence-electron chi connectivity index (χ2n) is 6.27. The van der Waals surface area contributed by atoms with Crippen LogP contribution in [0.5, 0.6) is 0 Å². The van der Waals surface area contributed by atoms with E-state index in [9.17, 15) is 9.59 Å². The van der Waals surface area contributed by atoms with E-state index in [1.165, 1.54) is 44.9 Å². The Kier molecular flexibility index (Phi) is 9.11. The van der Waals surface area contributed by atoms with Gasteiger partial charge in [-0.15, -0.1) is 0 Å². The van der Waals surface area contributed by atoms with Crippen LogP contribution in [-0.4, -0.2) is 34.5 Å². The normalized spacial score (nSPS) is 19.3. The Hall–Kier alpha value is -1.06. The van der Waals surface area contributed by atoms with Crippen LogP contribution in [0.15, 0.2) is 0 Å². The number of carbonyl (C=O) groups excluding carboxylic acids is 1. The first kappa shape index (κ1) is 18.0. The summed E-state index contributed by atoms with van der Waals surface area (Å²) in [5.41, 5.74) is 0. The van der Waals surface area contributed by atoms with E-state index < -0.39 is 5.97 Å². The zero-order valence-electron chi connectivity index (χ0n) is 13.5. The molecule has 1 rings (SSSR count). The van der Waals surface area contributed by atoms with E-state index in [0.29, 0.717) is 6.54 Å². The van der Waals surface area contributed by atoms with E-state index in [4.69, 9.17) is 5.11 Å². The van der Waals surface area contributed by atoms with Crippen molar-refractivity contribution < 1.29 is 14.7 Å². The summed E-state index contributed by atoms with van der Waals surface area (Å²) in [6.45, 7) is 1.92. The van der Waals surface area contributed by atoms with Gasteiger partial charge < -0.3 is 10.0 Å². The molecule has 122 valence electrons. The molecule has 4 heteroatoms. The molecule has 1 aliphatic rings. The van der Waals surface area contributed by atoms with E-state index in [1.54, 1.807) is 11.8 Å². The lowest BCUT2D eigenvalue weighted by Crippen LogP contribution is -2.40. The predicted octanol–water partition coefficient (Wildman–Crippen LogP) is 3.98. The largest absolute Gasteiger partial charge is 0.481 e. The molecule has 0 heterocycles. The molecule has 0 spiro atoms. The van der Waals surface area contributed by atoms with Gasteiger partial charge in [-0.05, 0) is 12.8 Å². The van der Waals surface area contributed by atoms with Gasteiger partial charge in [0.25, 0.3) is 0 Å². The van der Waals surface area contributed by atoms with Gasteiger partial charge in [0.1, 0.15) is 0 Å². The Bertz CT molecular complexity index is 305. The first-order valence-electron chi connectivity index (χ1n) is 8.60. The monoisotopic (exact) mass is 297 g/mol. The highest BCUT2D eigenvalue weighted by atomic mass is 16.4. The van der Waals surface area contributed by atoms with Crippen LogP contribution in [-0.2, 0) is 9.59 Å². The zero-order valence-corrected chi connectivity index (χ0v) is 13.5. The van der Waals surface area contributed by atoms with Gasteiger partial charge in [-0.25, -0.2) is 0 Å². The van der Waals surface area contributed by atoms with Crippen LogP contribution in [0.25, 0.3) is 0 Å². The van der Waals surface area contributed by atoms with Crippen molar-refractivity contribution in [2.24, 2.45) is 0 Å². The molecule has 21 heavy (non-hydrogen) atoms. The zero-order chi connectivity index (χ0) is 15.5. The second kappa shape index (κ2) is 10.6. The van der Waals surface area contributed by atoms with Crippen LogP contribution in [0.2, 0.25) is 0 Å². The highest BCUT2D eigenvalue weighted by Gasteiger charge is 2.21. The maximum atomic E-state index is 11.9. The molecule has 1 fully saturated rings. The van der Waals surface area contributed by atoms with Crippen LogP contribution in [0.3, 0.4) is 0 Å². The van der Waals surface area contributed by atoms with Gasteiger partial charge in [-0.2, -0.15) is 0 Å². The van der Waals surface area contributed by atoms with Crippen LogP contribution >= 0.6 is 0 Å². The number of nitrogens with zero attached hydrogens (tertiary/aromatic N) is 1. The molecule has 0 saturated heterocycles. The molecule has 0 aliphatic heterocycles. The Balaban J connectivity index is 2.56. The molecule has 0 unspecified atom stereocenters.